The first-order valence-corrected chi connectivity index (χ1v) is 14.2. The molecule has 3 fully saturated rings. The molecule has 2 aliphatic carbocycles. The highest BCUT2D eigenvalue weighted by Gasteiger charge is 2.69. The van der Waals surface area contributed by atoms with Gasteiger partial charge in [0.2, 0.25) is 17.6 Å². The topological polar surface area (TPSA) is 143 Å². The number of ether oxygens (including phenoxy) is 2. The van der Waals surface area contributed by atoms with E-state index < -0.39 is 47.4 Å². The highest BCUT2D eigenvalue weighted by Crippen LogP contribution is 2.65. The summed E-state index contributed by atoms with van der Waals surface area (Å²) in [5.74, 6) is -2.61. The van der Waals surface area contributed by atoms with Gasteiger partial charge in [0.15, 0.2) is 0 Å². The quantitative estimate of drug-likeness (QED) is 0.258. The fraction of sp³-hybridized carbons (Fsp3) is 0.759. The number of carbonyl (C=O) groups is 5. The molecule has 0 aromatic rings. The van der Waals surface area contributed by atoms with Crippen LogP contribution >= 0.6 is 0 Å². The predicted octanol–water partition coefficient (Wildman–Crippen LogP) is 1.95. The molecule has 1 unspecified atom stereocenters. The number of ketones is 1. The lowest BCUT2D eigenvalue weighted by Crippen LogP contribution is -2.60. The number of alkyl carbamates (subject to hydrolysis) is 1. The molecule has 3 aliphatic rings. The standard InChI is InChI=1S/C29H46N4O7/c1-8-14-30-25(36)23(34)19(16-39-7)31-24(35)22-20-18(29(20,5)6)15-33(22)26(37)21(17-12-10-9-11-13-17)32-27(38)40-28(2,3)4/h8,17-22H,1,9-16H2,2-7H3,(H,30,36)(H,31,35)(H,32,38)/t18-,19?,20-,21-,22-/m0/s1. The summed E-state index contributed by atoms with van der Waals surface area (Å²) in [7, 11) is 1.37. The zero-order valence-electron chi connectivity index (χ0n) is 24.7. The first-order chi connectivity index (χ1) is 18.7. The van der Waals surface area contributed by atoms with Gasteiger partial charge >= 0.3 is 6.09 Å². The molecule has 224 valence electrons. The van der Waals surface area contributed by atoms with Crippen LogP contribution in [0.1, 0.15) is 66.7 Å². The van der Waals surface area contributed by atoms with Crippen LogP contribution in [-0.2, 0) is 28.7 Å². The van der Waals surface area contributed by atoms with Gasteiger partial charge in [-0.25, -0.2) is 4.79 Å². The molecule has 11 heteroatoms. The molecule has 1 aliphatic heterocycles. The molecule has 4 amide bonds. The van der Waals surface area contributed by atoms with Crippen LogP contribution < -0.4 is 16.0 Å². The van der Waals surface area contributed by atoms with Gasteiger partial charge in [0.1, 0.15) is 23.7 Å². The lowest BCUT2D eigenvalue weighted by Gasteiger charge is -2.37. The molecule has 0 spiro atoms. The smallest absolute Gasteiger partial charge is 0.408 e. The first-order valence-electron chi connectivity index (χ1n) is 14.2. The van der Waals surface area contributed by atoms with E-state index in [1.54, 1.807) is 25.7 Å². The van der Waals surface area contributed by atoms with Gasteiger partial charge in [-0.05, 0) is 56.8 Å². The number of likely N-dealkylation sites (tertiary alicyclic amines) is 1. The molecular weight excluding hydrogens is 516 g/mol. The molecule has 0 aromatic carbocycles. The molecule has 1 heterocycles. The van der Waals surface area contributed by atoms with E-state index in [1.165, 1.54) is 13.2 Å². The number of hydrogen-bond acceptors (Lipinski definition) is 7. The Bertz CT molecular complexity index is 999. The third-order valence-corrected chi connectivity index (χ3v) is 8.42. The molecule has 5 atom stereocenters. The third-order valence-electron chi connectivity index (χ3n) is 8.42. The van der Waals surface area contributed by atoms with Gasteiger partial charge in [0, 0.05) is 20.2 Å². The summed E-state index contributed by atoms with van der Waals surface area (Å²) < 4.78 is 10.6. The molecule has 3 rings (SSSR count). The Morgan fingerprint density at radius 3 is 2.30 bits per heavy atom. The summed E-state index contributed by atoms with van der Waals surface area (Å²) in [6.45, 7) is 13.2. The normalized spacial score (nSPS) is 25.1. The molecule has 40 heavy (non-hydrogen) atoms. The monoisotopic (exact) mass is 562 g/mol. The lowest BCUT2D eigenvalue weighted by atomic mass is 9.83. The number of Topliss-reactive ketones (excluding diaryl/α,β-unsaturated/α-hetero) is 1. The number of piperidine rings is 1. The van der Waals surface area contributed by atoms with E-state index in [9.17, 15) is 24.0 Å². The minimum atomic E-state index is -1.21. The maximum atomic E-state index is 14.1. The van der Waals surface area contributed by atoms with Crippen molar-refractivity contribution in [3.63, 3.8) is 0 Å². The highest BCUT2D eigenvalue weighted by atomic mass is 16.6. The van der Waals surface area contributed by atoms with Crippen LogP contribution in [0, 0.1) is 23.2 Å². The zero-order valence-corrected chi connectivity index (χ0v) is 24.7. The SMILES string of the molecule is C=CCNC(=O)C(=O)C(COC)NC(=O)[C@@H]1[C@@H]2[C@H](CN1C(=O)[C@@H](NC(=O)OC(C)(C)C)C1CCCCC1)C2(C)C. The lowest BCUT2D eigenvalue weighted by molar-refractivity contribution is -0.145. The van der Waals surface area contributed by atoms with Crippen molar-refractivity contribution in [2.24, 2.45) is 23.2 Å². The Labute approximate surface area is 237 Å². The van der Waals surface area contributed by atoms with Crippen molar-refractivity contribution in [1.29, 1.82) is 0 Å². The number of fused-ring (bicyclic) bond motifs is 1. The molecular formula is C29H46N4O7. The van der Waals surface area contributed by atoms with E-state index >= 15 is 0 Å². The van der Waals surface area contributed by atoms with E-state index in [2.05, 4.69) is 36.4 Å². The third kappa shape index (κ3) is 7.21. The number of nitrogens with one attached hydrogen (secondary N) is 3. The Morgan fingerprint density at radius 1 is 1.07 bits per heavy atom. The fourth-order valence-corrected chi connectivity index (χ4v) is 6.29. The number of nitrogens with zero attached hydrogens (tertiary/aromatic N) is 1. The molecule has 2 saturated carbocycles. The van der Waals surface area contributed by atoms with Crippen LogP contribution in [0.15, 0.2) is 12.7 Å². The number of hydrogen-bond donors (Lipinski definition) is 3. The van der Waals surface area contributed by atoms with Crippen LogP contribution in [0.4, 0.5) is 4.79 Å². The second-order valence-corrected chi connectivity index (χ2v) is 12.8. The molecule has 3 N–H and O–H groups in total. The summed E-state index contributed by atoms with van der Waals surface area (Å²) in [5.41, 5.74) is -0.896. The van der Waals surface area contributed by atoms with Gasteiger partial charge in [-0.3, -0.25) is 19.2 Å². The fourth-order valence-electron chi connectivity index (χ4n) is 6.29. The average Bonchev–Trinajstić information content (AvgIpc) is 3.21. The largest absolute Gasteiger partial charge is 0.444 e. The van der Waals surface area contributed by atoms with E-state index in [-0.39, 0.29) is 42.2 Å². The number of carbonyl (C=O) groups excluding carboxylic acids is 5. The second kappa shape index (κ2) is 12.7. The summed E-state index contributed by atoms with van der Waals surface area (Å²) >= 11 is 0. The molecule has 0 aromatic heterocycles. The van der Waals surface area contributed by atoms with Crippen molar-refractivity contribution in [3.05, 3.63) is 12.7 Å². The maximum Gasteiger partial charge on any atom is 0.408 e. The predicted molar refractivity (Wildman–Crippen MR) is 148 cm³/mol. The van der Waals surface area contributed by atoms with Gasteiger partial charge in [-0.15, -0.1) is 6.58 Å². The molecule has 0 bridgehead atoms. The summed E-state index contributed by atoms with van der Waals surface area (Å²) in [4.78, 5) is 67.3. The molecule has 1 saturated heterocycles. The van der Waals surface area contributed by atoms with Crippen molar-refractivity contribution >= 4 is 29.6 Å². The second-order valence-electron chi connectivity index (χ2n) is 12.8. The van der Waals surface area contributed by atoms with Gasteiger partial charge < -0.3 is 30.3 Å². The number of amides is 4. The van der Waals surface area contributed by atoms with Gasteiger partial charge in [0.05, 0.1) is 6.61 Å². The van der Waals surface area contributed by atoms with Crippen molar-refractivity contribution < 1.29 is 33.4 Å². The average molecular weight is 563 g/mol. The van der Waals surface area contributed by atoms with E-state index in [4.69, 9.17) is 9.47 Å². The van der Waals surface area contributed by atoms with Crippen molar-refractivity contribution in [3.8, 4) is 0 Å². The van der Waals surface area contributed by atoms with Gasteiger partial charge in [-0.1, -0.05) is 39.2 Å². The Morgan fingerprint density at radius 2 is 1.73 bits per heavy atom. The van der Waals surface area contributed by atoms with Crippen LogP contribution in [0.2, 0.25) is 0 Å². The van der Waals surface area contributed by atoms with Gasteiger partial charge in [-0.2, -0.15) is 0 Å². The van der Waals surface area contributed by atoms with Gasteiger partial charge in [0.25, 0.3) is 5.91 Å². The van der Waals surface area contributed by atoms with Crippen LogP contribution in [0.5, 0.6) is 0 Å². The number of methoxy groups -OCH3 is 1. The Hall–Kier alpha value is -2.95. The Balaban J connectivity index is 1.83. The Kier molecular flexibility index (Phi) is 10.0. The highest BCUT2D eigenvalue weighted by molar-refractivity contribution is 6.38. The van der Waals surface area contributed by atoms with E-state index in [1.807, 2.05) is 0 Å². The summed E-state index contributed by atoms with van der Waals surface area (Å²) in [6, 6.07) is -2.89. The summed E-state index contributed by atoms with van der Waals surface area (Å²) in [5, 5.41) is 7.93. The van der Waals surface area contributed by atoms with Crippen molar-refractivity contribution in [2.75, 3.05) is 26.8 Å². The zero-order chi connectivity index (χ0) is 29.8. The summed E-state index contributed by atoms with van der Waals surface area (Å²) in [6.07, 6.45) is 5.35. The van der Waals surface area contributed by atoms with Crippen LogP contribution in [0.3, 0.4) is 0 Å². The van der Waals surface area contributed by atoms with Crippen LogP contribution in [0.25, 0.3) is 0 Å². The van der Waals surface area contributed by atoms with Crippen molar-refractivity contribution in [1.82, 2.24) is 20.9 Å². The van der Waals surface area contributed by atoms with Crippen LogP contribution in [-0.4, -0.2) is 85.0 Å². The molecule has 11 nitrogen and oxygen atoms in total. The van der Waals surface area contributed by atoms with E-state index in [0.29, 0.717) is 6.54 Å². The molecule has 0 radical (unpaired) electrons. The minimum Gasteiger partial charge on any atom is -0.444 e. The van der Waals surface area contributed by atoms with Crippen molar-refractivity contribution in [2.45, 2.75) is 90.4 Å². The maximum absolute atomic E-state index is 14.1. The van der Waals surface area contributed by atoms with E-state index in [0.717, 1.165) is 32.1 Å². The first kappa shape index (κ1) is 31.6. The minimum absolute atomic E-state index is 0.0706. The number of rotatable bonds is 11.